The molecule has 4 rings (SSSR count). The summed E-state index contributed by atoms with van der Waals surface area (Å²) in [6.07, 6.45) is 7.74. The fourth-order valence-electron chi connectivity index (χ4n) is 2.28. The minimum atomic E-state index is -0.131. The van der Waals surface area contributed by atoms with Crippen molar-refractivity contribution in [2.45, 2.75) is 18.8 Å². The van der Waals surface area contributed by atoms with E-state index in [0.717, 1.165) is 11.4 Å². The van der Waals surface area contributed by atoms with Gasteiger partial charge in [-0.1, -0.05) is 0 Å². The van der Waals surface area contributed by atoms with Crippen LogP contribution in [-0.4, -0.2) is 20.4 Å². The molecule has 1 aliphatic carbocycles. The first kappa shape index (κ1) is 13.2. The summed E-state index contributed by atoms with van der Waals surface area (Å²) in [5, 5.41) is 5.57. The Morgan fingerprint density at radius 1 is 1.27 bits per heavy atom. The Balaban J connectivity index is 1.47. The fourth-order valence-corrected chi connectivity index (χ4v) is 3.06. The number of hydrogen-bond acceptors (Lipinski definition) is 4. The van der Waals surface area contributed by atoms with Crippen LogP contribution in [-0.2, 0) is 0 Å². The lowest BCUT2D eigenvalue weighted by Gasteiger charge is -2.04. The summed E-state index contributed by atoms with van der Waals surface area (Å²) in [4.78, 5) is 20.7. The Hall–Kier alpha value is -2.47. The zero-order valence-electron chi connectivity index (χ0n) is 11.8. The van der Waals surface area contributed by atoms with Crippen LogP contribution in [0.1, 0.15) is 34.8 Å². The molecule has 0 spiro atoms. The molecule has 2 heterocycles. The molecule has 0 aliphatic heterocycles. The smallest absolute Gasteiger partial charge is 0.257 e. The molecule has 2 aromatic heterocycles. The Kier molecular flexibility index (Phi) is 3.23. The van der Waals surface area contributed by atoms with Crippen molar-refractivity contribution in [1.82, 2.24) is 14.5 Å². The Labute approximate surface area is 131 Å². The number of benzene rings is 1. The van der Waals surface area contributed by atoms with Crippen LogP contribution in [0.2, 0.25) is 0 Å². The van der Waals surface area contributed by atoms with Crippen molar-refractivity contribution < 1.29 is 4.79 Å². The highest BCUT2D eigenvalue weighted by Crippen LogP contribution is 2.40. The van der Waals surface area contributed by atoms with Crippen LogP contribution >= 0.6 is 11.3 Å². The van der Waals surface area contributed by atoms with Crippen molar-refractivity contribution in [2.75, 3.05) is 5.32 Å². The highest BCUT2D eigenvalue weighted by Gasteiger charge is 2.26. The molecule has 3 aromatic rings. The first-order valence-electron chi connectivity index (χ1n) is 7.15. The molecule has 1 saturated carbocycles. The molecule has 0 bridgehead atoms. The van der Waals surface area contributed by atoms with Gasteiger partial charge in [-0.05, 0) is 37.1 Å². The van der Waals surface area contributed by atoms with Gasteiger partial charge >= 0.3 is 0 Å². The number of rotatable bonds is 4. The van der Waals surface area contributed by atoms with Crippen LogP contribution in [0, 0.1) is 0 Å². The third kappa shape index (κ3) is 2.65. The van der Waals surface area contributed by atoms with E-state index in [-0.39, 0.29) is 5.91 Å². The fraction of sp³-hybridized carbons (Fsp3) is 0.188. The lowest BCUT2D eigenvalue weighted by Crippen LogP contribution is -2.11. The zero-order valence-corrected chi connectivity index (χ0v) is 12.6. The van der Waals surface area contributed by atoms with Gasteiger partial charge in [0.1, 0.15) is 0 Å². The Morgan fingerprint density at radius 3 is 2.77 bits per heavy atom. The van der Waals surface area contributed by atoms with Crippen molar-refractivity contribution in [2.24, 2.45) is 0 Å². The second-order valence-corrected chi connectivity index (χ2v) is 6.18. The molecule has 1 aromatic carbocycles. The third-order valence-electron chi connectivity index (χ3n) is 3.67. The first-order chi connectivity index (χ1) is 10.8. The maximum atomic E-state index is 12.2. The van der Waals surface area contributed by atoms with Crippen molar-refractivity contribution >= 4 is 22.4 Å². The number of aromatic nitrogens is 3. The van der Waals surface area contributed by atoms with Gasteiger partial charge in [0.25, 0.3) is 5.91 Å². The van der Waals surface area contributed by atoms with Crippen molar-refractivity contribution in [3.63, 3.8) is 0 Å². The topological polar surface area (TPSA) is 59.8 Å². The summed E-state index contributed by atoms with van der Waals surface area (Å²) in [6.45, 7) is 0. The average molecular weight is 310 g/mol. The molecule has 22 heavy (non-hydrogen) atoms. The van der Waals surface area contributed by atoms with Gasteiger partial charge in [-0.25, -0.2) is 9.97 Å². The second kappa shape index (κ2) is 5.38. The number of anilines is 1. The average Bonchev–Trinajstić information content (AvgIpc) is 3.06. The molecular formula is C16H14N4OS. The summed E-state index contributed by atoms with van der Waals surface area (Å²) in [5.41, 5.74) is 2.70. The quantitative estimate of drug-likeness (QED) is 0.803. The van der Waals surface area contributed by atoms with E-state index in [2.05, 4.69) is 15.3 Å². The van der Waals surface area contributed by atoms with Crippen LogP contribution in [0.4, 0.5) is 5.13 Å². The molecule has 1 amide bonds. The number of carbonyl (C=O) groups is 1. The van der Waals surface area contributed by atoms with E-state index in [0.29, 0.717) is 16.6 Å². The van der Waals surface area contributed by atoms with Gasteiger partial charge in [-0.3, -0.25) is 10.1 Å². The summed E-state index contributed by atoms with van der Waals surface area (Å²) >= 11 is 1.49. The van der Waals surface area contributed by atoms with Gasteiger partial charge in [-0.15, -0.1) is 11.3 Å². The molecule has 5 nitrogen and oxygen atoms in total. The summed E-state index contributed by atoms with van der Waals surface area (Å²) in [5.74, 6) is 0.477. The molecule has 0 unspecified atom stereocenters. The molecule has 1 aliphatic rings. The minimum absolute atomic E-state index is 0.131. The standard InChI is InChI=1S/C16H14N4OS/c21-15(19-16-18-14(9-22-16)11-1-2-11)12-3-5-13(6-4-12)20-8-7-17-10-20/h3-11H,1-2H2,(H,18,19,21). The van der Waals surface area contributed by atoms with E-state index in [4.69, 9.17) is 0 Å². The maximum Gasteiger partial charge on any atom is 0.257 e. The summed E-state index contributed by atoms with van der Waals surface area (Å²) in [7, 11) is 0. The van der Waals surface area contributed by atoms with E-state index in [1.54, 1.807) is 24.7 Å². The first-order valence-corrected chi connectivity index (χ1v) is 8.03. The molecule has 1 N–H and O–H groups in total. The zero-order chi connectivity index (χ0) is 14.9. The highest BCUT2D eigenvalue weighted by molar-refractivity contribution is 7.14. The molecule has 110 valence electrons. The van der Waals surface area contributed by atoms with Gasteiger partial charge in [-0.2, -0.15) is 0 Å². The molecule has 1 fully saturated rings. The van der Waals surface area contributed by atoms with Crippen LogP contribution in [0.5, 0.6) is 0 Å². The van der Waals surface area contributed by atoms with Crippen molar-refractivity contribution in [1.29, 1.82) is 0 Å². The number of hydrogen-bond donors (Lipinski definition) is 1. The lowest BCUT2D eigenvalue weighted by molar-refractivity contribution is 0.102. The predicted octanol–water partition coefficient (Wildman–Crippen LogP) is 3.46. The second-order valence-electron chi connectivity index (χ2n) is 5.32. The molecule has 0 atom stereocenters. The summed E-state index contributed by atoms with van der Waals surface area (Å²) < 4.78 is 1.89. The minimum Gasteiger partial charge on any atom is -0.306 e. The van der Waals surface area contributed by atoms with Gasteiger partial charge in [0.2, 0.25) is 0 Å². The molecule has 6 heteroatoms. The van der Waals surface area contributed by atoms with E-state index in [1.807, 2.05) is 28.3 Å². The number of thiazole rings is 1. The number of amides is 1. The van der Waals surface area contributed by atoms with Gasteiger partial charge < -0.3 is 4.57 Å². The SMILES string of the molecule is O=C(Nc1nc(C2CC2)cs1)c1ccc(-n2ccnc2)cc1. The molecule has 0 saturated heterocycles. The highest BCUT2D eigenvalue weighted by atomic mass is 32.1. The molecular weight excluding hydrogens is 296 g/mol. The van der Waals surface area contributed by atoms with Crippen LogP contribution in [0.25, 0.3) is 5.69 Å². The number of nitrogens with zero attached hydrogens (tertiary/aromatic N) is 3. The molecule has 0 radical (unpaired) electrons. The number of carbonyl (C=O) groups excluding carboxylic acids is 1. The summed E-state index contributed by atoms with van der Waals surface area (Å²) in [6, 6.07) is 7.41. The van der Waals surface area contributed by atoms with E-state index >= 15 is 0 Å². The predicted molar refractivity (Wildman–Crippen MR) is 85.6 cm³/mol. The normalized spacial score (nSPS) is 14.0. The van der Waals surface area contributed by atoms with Crippen molar-refractivity contribution in [3.8, 4) is 5.69 Å². The van der Waals surface area contributed by atoms with E-state index < -0.39 is 0 Å². The van der Waals surface area contributed by atoms with Gasteiger partial charge in [0.05, 0.1) is 12.0 Å². The van der Waals surface area contributed by atoms with Crippen LogP contribution in [0.3, 0.4) is 0 Å². The van der Waals surface area contributed by atoms with E-state index in [1.165, 1.54) is 24.2 Å². The maximum absolute atomic E-state index is 12.2. The monoisotopic (exact) mass is 310 g/mol. The Morgan fingerprint density at radius 2 is 2.09 bits per heavy atom. The van der Waals surface area contributed by atoms with Crippen LogP contribution < -0.4 is 5.32 Å². The number of nitrogens with one attached hydrogen (secondary N) is 1. The largest absolute Gasteiger partial charge is 0.306 e. The van der Waals surface area contributed by atoms with Gasteiger partial charge in [0, 0.05) is 34.9 Å². The number of imidazole rings is 1. The lowest BCUT2D eigenvalue weighted by atomic mass is 10.2. The third-order valence-corrected chi connectivity index (χ3v) is 4.45. The van der Waals surface area contributed by atoms with Gasteiger partial charge in [0.15, 0.2) is 5.13 Å². The van der Waals surface area contributed by atoms with E-state index in [9.17, 15) is 4.79 Å². The Bertz CT molecular complexity index is 788. The van der Waals surface area contributed by atoms with Crippen LogP contribution in [0.15, 0.2) is 48.4 Å². The van der Waals surface area contributed by atoms with Crippen molar-refractivity contribution in [3.05, 3.63) is 59.6 Å².